The number of ketones is 1. The van der Waals surface area contributed by atoms with Gasteiger partial charge in [0.25, 0.3) is 0 Å². The molecule has 1 aliphatic heterocycles. The van der Waals surface area contributed by atoms with Crippen LogP contribution in [0.1, 0.15) is 34.0 Å². The van der Waals surface area contributed by atoms with Crippen molar-refractivity contribution in [2.75, 3.05) is 45.9 Å². The van der Waals surface area contributed by atoms with E-state index in [9.17, 15) is 4.79 Å². The van der Waals surface area contributed by atoms with Gasteiger partial charge in [-0.25, -0.2) is 0 Å². The zero-order valence-electron chi connectivity index (χ0n) is 20.8. The first kappa shape index (κ1) is 24.4. The highest BCUT2D eigenvalue weighted by Gasteiger charge is 2.19. The summed E-state index contributed by atoms with van der Waals surface area (Å²) in [7, 11) is 0. The third-order valence-electron chi connectivity index (χ3n) is 7.09. The highest BCUT2D eigenvalue weighted by molar-refractivity contribution is 6.00. The Labute approximate surface area is 214 Å². The molecule has 4 heteroatoms. The molecule has 0 amide bonds. The van der Waals surface area contributed by atoms with Gasteiger partial charge >= 0.3 is 0 Å². The van der Waals surface area contributed by atoms with Crippen LogP contribution in [0.3, 0.4) is 0 Å². The fraction of sp³-hybridized carbons (Fsp3) is 0.281. The van der Waals surface area contributed by atoms with E-state index < -0.39 is 0 Å². The van der Waals surface area contributed by atoms with E-state index in [0.717, 1.165) is 50.2 Å². The van der Waals surface area contributed by atoms with Crippen LogP contribution in [-0.2, 0) is 4.74 Å². The molecule has 1 aliphatic rings. The van der Waals surface area contributed by atoms with E-state index in [1.807, 2.05) is 42.5 Å². The van der Waals surface area contributed by atoms with Gasteiger partial charge in [0.1, 0.15) is 6.10 Å². The van der Waals surface area contributed by atoms with Gasteiger partial charge in [0.05, 0.1) is 6.61 Å². The Morgan fingerprint density at radius 1 is 0.667 bits per heavy atom. The number of carbonyl (C=O) groups is 1. The molecular formula is C32H34N2O2. The van der Waals surface area contributed by atoms with Crippen LogP contribution in [0, 0.1) is 0 Å². The Hall–Kier alpha value is -3.31. The molecule has 184 valence electrons. The molecule has 36 heavy (non-hydrogen) atoms. The lowest BCUT2D eigenvalue weighted by Gasteiger charge is -2.34. The van der Waals surface area contributed by atoms with Crippen LogP contribution in [-0.4, -0.2) is 61.5 Å². The van der Waals surface area contributed by atoms with E-state index in [4.69, 9.17) is 4.74 Å². The minimum Gasteiger partial charge on any atom is -0.367 e. The first-order chi connectivity index (χ1) is 17.8. The zero-order valence-corrected chi connectivity index (χ0v) is 20.8. The molecule has 0 atom stereocenters. The molecule has 1 heterocycles. The molecule has 4 aromatic carbocycles. The quantitative estimate of drug-likeness (QED) is 0.268. The second-order valence-corrected chi connectivity index (χ2v) is 9.49. The van der Waals surface area contributed by atoms with E-state index in [1.165, 1.54) is 16.5 Å². The number of Topliss-reactive ketones (excluding diaryl/α,β-unsaturated/α-hetero) is 1. The second kappa shape index (κ2) is 12.1. The first-order valence-corrected chi connectivity index (χ1v) is 12.9. The van der Waals surface area contributed by atoms with Gasteiger partial charge in [-0.15, -0.1) is 0 Å². The third kappa shape index (κ3) is 6.27. The summed E-state index contributed by atoms with van der Waals surface area (Å²) >= 11 is 0. The third-order valence-corrected chi connectivity index (χ3v) is 7.09. The predicted octanol–water partition coefficient (Wildman–Crippen LogP) is 5.84. The SMILES string of the molecule is O=C(CCN1CCN(CCOC(c2ccccc2)c2ccccc2)CC1)c1ccc2ccccc2c1. The number of nitrogens with zero attached hydrogens (tertiary/aromatic N) is 2. The summed E-state index contributed by atoms with van der Waals surface area (Å²) in [6, 6.07) is 35.1. The van der Waals surface area contributed by atoms with Crippen molar-refractivity contribution in [2.45, 2.75) is 12.5 Å². The van der Waals surface area contributed by atoms with Crippen LogP contribution in [0.4, 0.5) is 0 Å². The van der Waals surface area contributed by atoms with Crippen molar-refractivity contribution in [3.8, 4) is 0 Å². The number of rotatable bonds is 10. The second-order valence-electron chi connectivity index (χ2n) is 9.49. The molecule has 0 spiro atoms. The summed E-state index contributed by atoms with van der Waals surface area (Å²) in [5.74, 6) is 0.226. The molecule has 4 aromatic rings. The Kier molecular flexibility index (Phi) is 8.19. The summed E-state index contributed by atoms with van der Waals surface area (Å²) in [5.41, 5.74) is 3.19. The first-order valence-electron chi connectivity index (χ1n) is 12.9. The molecule has 1 saturated heterocycles. The number of ether oxygens (including phenoxy) is 1. The zero-order chi connectivity index (χ0) is 24.6. The molecule has 0 bridgehead atoms. The van der Waals surface area contributed by atoms with Gasteiger partial charge in [-0.05, 0) is 28.0 Å². The Morgan fingerprint density at radius 2 is 1.22 bits per heavy atom. The normalized spacial score (nSPS) is 14.9. The van der Waals surface area contributed by atoms with Crippen molar-refractivity contribution in [3.05, 3.63) is 120 Å². The summed E-state index contributed by atoms with van der Waals surface area (Å²) in [6.07, 6.45) is 0.520. The average Bonchev–Trinajstić information content (AvgIpc) is 2.95. The largest absolute Gasteiger partial charge is 0.367 e. The summed E-state index contributed by atoms with van der Waals surface area (Å²) in [5, 5.41) is 2.30. The predicted molar refractivity (Wildman–Crippen MR) is 146 cm³/mol. The lowest BCUT2D eigenvalue weighted by Crippen LogP contribution is -2.47. The van der Waals surface area contributed by atoms with E-state index >= 15 is 0 Å². The van der Waals surface area contributed by atoms with E-state index in [-0.39, 0.29) is 11.9 Å². The maximum absolute atomic E-state index is 12.8. The van der Waals surface area contributed by atoms with Gasteiger partial charge in [0, 0.05) is 51.3 Å². The van der Waals surface area contributed by atoms with Crippen molar-refractivity contribution in [3.63, 3.8) is 0 Å². The fourth-order valence-corrected chi connectivity index (χ4v) is 4.94. The van der Waals surface area contributed by atoms with Crippen molar-refractivity contribution in [2.24, 2.45) is 0 Å². The van der Waals surface area contributed by atoms with Crippen molar-refractivity contribution in [1.29, 1.82) is 0 Å². The number of benzene rings is 4. The fourth-order valence-electron chi connectivity index (χ4n) is 4.94. The molecular weight excluding hydrogens is 444 g/mol. The number of hydrogen-bond donors (Lipinski definition) is 0. The molecule has 0 saturated carbocycles. The topological polar surface area (TPSA) is 32.8 Å². The van der Waals surface area contributed by atoms with Crippen molar-refractivity contribution in [1.82, 2.24) is 9.80 Å². The van der Waals surface area contributed by atoms with E-state index in [2.05, 4.69) is 70.5 Å². The monoisotopic (exact) mass is 478 g/mol. The standard InChI is InChI=1S/C32H34N2O2/c35-31(30-16-15-26-9-7-8-14-29(26)25-30)17-18-33-19-21-34(22-20-33)23-24-36-32(27-10-3-1-4-11-27)28-12-5-2-6-13-28/h1-16,25,32H,17-24H2. The maximum atomic E-state index is 12.8. The molecule has 5 rings (SSSR count). The van der Waals surface area contributed by atoms with Crippen LogP contribution >= 0.6 is 0 Å². The van der Waals surface area contributed by atoms with Crippen LogP contribution in [0.15, 0.2) is 103 Å². The van der Waals surface area contributed by atoms with Crippen molar-refractivity contribution >= 4 is 16.6 Å². The minimum absolute atomic E-state index is 0.0465. The lowest BCUT2D eigenvalue weighted by molar-refractivity contribution is 0.0450. The summed E-state index contributed by atoms with van der Waals surface area (Å²) < 4.78 is 6.40. The summed E-state index contributed by atoms with van der Waals surface area (Å²) in [6.45, 7) is 6.43. The number of carbonyl (C=O) groups excluding carboxylic acids is 1. The average molecular weight is 479 g/mol. The van der Waals surface area contributed by atoms with E-state index in [0.29, 0.717) is 13.0 Å². The Balaban J connectivity index is 1.07. The van der Waals surface area contributed by atoms with Crippen molar-refractivity contribution < 1.29 is 9.53 Å². The van der Waals surface area contributed by atoms with Gasteiger partial charge in [-0.1, -0.05) is 97.1 Å². The van der Waals surface area contributed by atoms with Gasteiger partial charge in [-0.3, -0.25) is 9.69 Å². The van der Waals surface area contributed by atoms with Gasteiger partial charge in [0.15, 0.2) is 5.78 Å². The molecule has 1 fully saturated rings. The highest BCUT2D eigenvalue weighted by Crippen LogP contribution is 2.25. The molecule has 0 aromatic heterocycles. The van der Waals surface area contributed by atoms with Crippen LogP contribution < -0.4 is 0 Å². The van der Waals surface area contributed by atoms with Gasteiger partial charge in [-0.2, -0.15) is 0 Å². The molecule has 0 N–H and O–H groups in total. The minimum atomic E-state index is -0.0465. The molecule has 0 aliphatic carbocycles. The molecule has 0 radical (unpaired) electrons. The number of fused-ring (bicyclic) bond motifs is 1. The van der Waals surface area contributed by atoms with Gasteiger partial charge < -0.3 is 9.64 Å². The summed E-state index contributed by atoms with van der Waals surface area (Å²) in [4.78, 5) is 17.7. The van der Waals surface area contributed by atoms with Gasteiger partial charge in [0.2, 0.25) is 0 Å². The molecule has 0 unspecified atom stereocenters. The smallest absolute Gasteiger partial charge is 0.164 e. The van der Waals surface area contributed by atoms with Crippen LogP contribution in [0.5, 0.6) is 0 Å². The van der Waals surface area contributed by atoms with Crippen LogP contribution in [0.2, 0.25) is 0 Å². The lowest BCUT2D eigenvalue weighted by atomic mass is 10.0. The van der Waals surface area contributed by atoms with Crippen LogP contribution in [0.25, 0.3) is 10.8 Å². The number of piperazine rings is 1. The Bertz CT molecular complexity index is 1210. The van der Waals surface area contributed by atoms with E-state index in [1.54, 1.807) is 0 Å². The highest BCUT2D eigenvalue weighted by atomic mass is 16.5. The molecule has 4 nitrogen and oxygen atoms in total. The number of hydrogen-bond acceptors (Lipinski definition) is 4. The Morgan fingerprint density at radius 3 is 1.86 bits per heavy atom. The maximum Gasteiger partial charge on any atom is 0.164 e.